The highest BCUT2D eigenvalue weighted by molar-refractivity contribution is 6.10. The molecule has 2 N–H and O–H groups in total. The van der Waals surface area contributed by atoms with Crippen molar-refractivity contribution in [3.63, 3.8) is 0 Å². The van der Waals surface area contributed by atoms with Crippen molar-refractivity contribution in [2.75, 3.05) is 36.4 Å². The van der Waals surface area contributed by atoms with Crippen LogP contribution in [0.3, 0.4) is 0 Å². The minimum atomic E-state index is -0.299. The number of nitrogens with zero attached hydrogens (tertiary/aromatic N) is 2. The van der Waals surface area contributed by atoms with Gasteiger partial charge in [0.05, 0.1) is 11.3 Å². The summed E-state index contributed by atoms with van der Waals surface area (Å²) in [5.41, 5.74) is 4.01. The van der Waals surface area contributed by atoms with Crippen LogP contribution in [0.15, 0.2) is 36.4 Å². The lowest BCUT2D eigenvalue weighted by atomic mass is 10.0. The number of anilines is 2. The molecule has 2 heterocycles. The number of rotatable bonds is 7. The second kappa shape index (κ2) is 11.0. The summed E-state index contributed by atoms with van der Waals surface area (Å²) in [6, 6.07) is 11.0. The topological polar surface area (TPSA) is 81.8 Å². The Balaban J connectivity index is 1.50. The molecular weight excluding hydrogens is 440 g/mol. The molecule has 0 spiro atoms. The molecule has 0 radical (unpaired) electrons. The van der Waals surface area contributed by atoms with Gasteiger partial charge in [-0.1, -0.05) is 19.1 Å². The maximum atomic E-state index is 13.3. The maximum absolute atomic E-state index is 13.3. The third-order valence-corrected chi connectivity index (χ3v) is 6.92. The van der Waals surface area contributed by atoms with Crippen molar-refractivity contribution in [3.05, 3.63) is 58.7 Å². The molecule has 186 valence electrons. The molecule has 0 unspecified atom stereocenters. The van der Waals surface area contributed by atoms with Crippen LogP contribution >= 0.6 is 0 Å². The molecule has 3 amide bonds. The number of carbonyl (C=O) groups is 3. The van der Waals surface area contributed by atoms with E-state index in [0.29, 0.717) is 29.8 Å². The van der Waals surface area contributed by atoms with Crippen LogP contribution in [-0.2, 0) is 4.79 Å². The van der Waals surface area contributed by atoms with Crippen LogP contribution in [-0.4, -0.2) is 54.8 Å². The fourth-order valence-corrected chi connectivity index (χ4v) is 5.11. The first kappa shape index (κ1) is 24.9. The summed E-state index contributed by atoms with van der Waals surface area (Å²) in [6.45, 7) is 9.79. The summed E-state index contributed by atoms with van der Waals surface area (Å²) in [4.78, 5) is 42.8. The largest absolute Gasteiger partial charge is 0.349 e. The highest BCUT2D eigenvalue weighted by Gasteiger charge is 2.25. The van der Waals surface area contributed by atoms with Crippen LogP contribution in [0.1, 0.15) is 70.9 Å². The molecule has 0 aromatic heterocycles. The number of nitrogens with one attached hydrogen (secondary N) is 2. The van der Waals surface area contributed by atoms with Crippen LogP contribution in [0.2, 0.25) is 0 Å². The molecule has 0 atom stereocenters. The number of hydrogen-bond acceptors (Lipinski definition) is 4. The minimum absolute atomic E-state index is 0.0800. The molecular formula is C28H36N4O3. The second-order valence-electron chi connectivity index (χ2n) is 9.75. The summed E-state index contributed by atoms with van der Waals surface area (Å²) in [6.07, 6.45) is 4.36. The van der Waals surface area contributed by atoms with Crippen molar-refractivity contribution in [3.8, 4) is 0 Å². The zero-order chi connectivity index (χ0) is 24.9. The van der Waals surface area contributed by atoms with E-state index in [9.17, 15) is 14.4 Å². The lowest BCUT2D eigenvalue weighted by Gasteiger charge is -2.32. The number of benzene rings is 2. The number of amides is 3. The zero-order valence-corrected chi connectivity index (χ0v) is 21.0. The summed E-state index contributed by atoms with van der Waals surface area (Å²) in [5, 5.41) is 6.18. The summed E-state index contributed by atoms with van der Waals surface area (Å²) >= 11 is 0. The summed E-state index contributed by atoms with van der Waals surface area (Å²) < 4.78 is 0. The molecule has 2 aliphatic rings. The monoisotopic (exact) mass is 476 g/mol. The number of aryl methyl sites for hydroxylation is 2. The van der Waals surface area contributed by atoms with Gasteiger partial charge in [-0.2, -0.15) is 0 Å². The van der Waals surface area contributed by atoms with Crippen molar-refractivity contribution in [1.29, 1.82) is 0 Å². The van der Waals surface area contributed by atoms with Crippen molar-refractivity contribution >= 4 is 29.1 Å². The first-order valence-electron chi connectivity index (χ1n) is 12.7. The van der Waals surface area contributed by atoms with E-state index in [1.165, 1.54) is 0 Å². The van der Waals surface area contributed by atoms with Gasteiger partial charge in [0.25, 0.3) is 11.8 Å². The maximum Gasteiger partial charge on any atom is 0.255 e. The van der Waals surface area contributed by atoms with Crippen molar-refractivity contribution in [2.24, 2.45) is 0 Å². The third kappa shape index (κ3) is 5.90. The molecule has 0 aliphatic carbocycles. The quantitative estimate of drug-likeness (QED) is 0.625. The van der Waals surface area contributed by atoms with Crippen LogP contribution in [0, 0.1) is 13.8 Å². The van der Waals surface area contributed by atoms with Crippen LogP contribution in [0.25, 0.3) is 0 Å². The van der Waals surface area contributed by atoms with E-state index >= 15 is 0 Å². The zero-order valence-electron chi connectivity index (χ0n) is 21.0. The summed E-state index contributed by atoms with van der Waals surface area (Å²) in [7, 11) is 0. The average Bonchev–Trinajstić information content (AvgIpc) is 3.28. The SMILES string of the molecule is CCCN1CCC(NC(=O)c2cc(C)cc(C)c2NC(=O)c2cccc(N3CCCC3=O)c2)CC1. The fraction of sp³-hybridized carbons (Fsp3) is 0.464. The molecule has 7 heteroatoms. The lowest BCUT2D eigenvalue weighted by Crippen LogP contribution is -2.45. The number of hydrogen-bond donors (Lipinski definition) is 2. The molecule has 2 aliphatic heterocycles. The molecule has 7 nitrogen and oxygen atoms in total. The van der Waals surface area contributed by atoms with E-state index in [-0.39, 0.29) is 23.8 Å². The van der Waals surface area contributed by atoms with Gasteiger partial charge in [0.1, 0.15) is 0 Å². The first-order valence-corrected chi connectivity index (χ1v) is 12.7. The van der Waals surface area contributed by atoms with Gasteiger partial charge in [0.15, 0.2) is 0 Å². The highest BCUT2D eigenvalue weighted by Crippen LogP contribution is 2.26. The predicted octanol–water partition coefficient (Wildman–Crippen LogP) is 4.29. The fourth-order valence-electron chi connectivity index (χ4n) is 5.11. The highest BCUT2D eigenvalue weighted by atomic mass is 16.2. The number of likely N-dealkylation sites (tertiary alicyclic amines) is 1. The molecule has 2 aromatic carbocycles. The molecule has 0 saturated carbocycles. The Hall–Kier alpha value is -3.19. The van der Waals surface area contributed by atoms with E-state index < -0.39 is 0 Å². The van der Waals surface area contributed by atoms with Gasteiger partial charge >= 0.3 is 0 Å². The number of piperidine rings is 1. The number of carbonyl (C=O) groups excluding carboxylic acids is 3. The second-order valence-corrected chi connectivity index (χ2v) is 9.75. The molecule has 2 saturated heterocycles. The molecule has 2 fully saturated rings. The van der Waals surface area contributed by atoms with Gasteiger partial charge < -0.3 is 20.4 Å². The van der Waals surface area contributed by atoms with E-state index in [1.807, 2.05) is 32.0 Å². The van der Waals surface area contributed by atoms with Gasteiger partial charge in [-0.25, -0.2) is 0 Å². The third-order valence-electron chi connectivity index (χ3n) is 6.92. The predicted molar refractivity (Wildman–Crippen MR) is 139 cm³/mol. The summed E-state index contributed by atoms with van der Waals surface area (Å²) in [5.74, 6) is -0.374. The van der Waals surface area contributed by atoms with E-state index in [2.05, 4.69) is 22.5 Å². The lowest BCUT2D eigenvalue weighted by molar-refractivity contribution is -0.117. The van der Waals surface area contributed by atoms with Gasteiger partial charge in [-0.3, -0.25) is 14.4 Å². The Bertz CT molecular complexity index is 1110. The normalized spacial score (nSPS) is 17.0. The Morgan fingerprint density at radius 3 is 2.49 bits per heavy atom. The van der Waals surface area contributed by atoms with Crippen molar-refractivity contribution in [1.82, 2.24) is 10.2 Å². The van der Waals surface area contributed by atoms with Crippen molar-refractivity contribution < 1.29 is 14.4 Å². The van der Waals surface area contributed by atoms with E-state index in [1.54, 1.807) is 23.1 Å². The molecule has 4 rings (SSSR count). The van der Waals surface area contributed by atoms with Crippen LogP contribution in [0.5, 0.6) is 0 Å². The Labute approximate surface area is 207 Å². The Morgan fingerprint density at radius 1 is 1.03 bits per heavy atom. The van der Waals surface area contributed by atoms with Crippen molar-refractivity contribution in [2.45, 2.75) is 58.9 Å². The smallest absolute Gasteiger partial charge is 0.255 e. The van der Waals surface area contributed by atoms with Gasteiger partial charge in [-0.05, 0) is 81.5 Å². The Kier molecular flexibility index (Phi) is 7.86. The molecule has 35 heavy (non-hydrogen) atoms. The Morgan fingerprint density at radius 2 is 1.80 bits per heavy atom. The van der Waals surface area contributed by atoms with E-state index in [0.717, 1.165) is 62.1 Å². The first-order chi connectivity index (χ1) is 16.9. The standard InChI is InChI=1S/C28H36N4O3/c1-4-12-31-14-10-22(11-15-31)29-28(35)24-17-19(2)16-20(3)26(24)30-27(34)21-7-5-8-23(18-21)32-13-6-9-25(32)33/h5,7-8,16-18,22H,4,6,9-15H2,1-3H3,(H,29,35)(H,30,34). The van der Waals surface area contributed by atoms with Crippen LogP contribution < -0.4 is 15.5 Å². The van der Waals surface area contributed by atoms with E-state index in [4.69, 9.17) is 0 Å². The molecule has 0 bridgehead atoms. The molecule has 2 aromatic rings. The van der Waals surface area contributed by atoms with Crippen LogP contribution in [0.4, 0.5) is 11.4 Å². The average molecular weight is 477 g/mol. The van der Waals surface area contributed by atoms with Gasteiger partial charge in [0.2, 0.25) is 5.91 Å². The van der Waals surface area contributed by atoms with Gasteiger partial charge in [-0.15, -0.1) is 0 Å². The van der Waals surface area contributed by atoms with Gasteiger partial charge in [0, 0.05) is 43.3 Å². The minimum Gasteiger partial charge on any atom is -0.349 e.